The van der Waals surface area contributed by atoms with Crippen molar-refractivity contribution in [3.05, 3.63) is 11.8 Å². The molecule has 0 aromatic heterocycles. The van der Waals surface area contributed by atoms with E-state index in [0.29, 0.717) is 5.57 Å². The lowest BCUT2D eigenvalue weighted by Gasteiger charge is -2.26. The van der Waals surface area contributed by atoms with Crippen LogP contribution >= 0.6 is 0 Å². The number of ether oxygens (including phenoxy) is 1. The average Bonchev–Trinajstić information content (AvgIpc) is 2.24. The Morgan fingerprint density at radius 3 is 2.37 bits per heavy atom. The number of nitrogens with zero attached hydrogens (tertiary/aromatic N) is 1. The first-order valence-corrected chi connectivity index (χ1v) is 7.33. The number of carbonyl (C=O) groups is 1. The maximum absolute atomic E-state index is 11.4. The molecule has 1 atom stereocenters. The highest BCUT2D eigenvalue weighted by atomic mass is 32.2. The first-order chi connectivity index (χ1) is 8.49. The molecule has 0 bridgehead atoms. The van der Waals surface area contributed by atoms with E-state index >= 15 is 0 Å². The predicted octanol–water partition coefficient (Wildman–Crippen LogP) is 0.126. The summed E-state index contributed by atoms with van der Waals surface area (Å²) in [4.78, 5) is 11.4. The minimum atomic E-state index is -4.45. The molecule has 0 radical (unpaired) electrons. The second-order valence-corrected chi connectivity index (χ2v) is 6.37. The van der Waals surface area contributed by atoms with E-state index in [2.05, 4.69) is 0 Å². The Morgan fingerprint density at radius 2 is 1.95 bits per heavy atom. The van der Waals surface area contributed by atoms with Crippen LogP contribution in [0, 0.1) is 0 Å². The van der Waals surface area contributed by atoms with Crippen LogP contribution in [-0.2, 0) is 19.6 Å². The van der Waals surface area contributed by atoms with Gasteiger partial charge in [-0.05, 0) is 13.8 Å². The van der Waals surface area contributed by atoms with Gasteiger partial charge in [0.1, 0.15) is 6.20 Å². The van der Waals surface area contributed by atoms with Gasteiger partial charge in [-0.25, -0.2) is 4.79 Å². The summed E-state index contributed by atoms with van der Waals surface area (Å²) in [6.45, 7) is 3.81. The van der Waals surface area contributed by atoms with Crippen molar-refractivity contribution < 1.29 is 32.1 Å². The molecule has 0 fully saturated rings. The Kier molecular flexibility index (Phi) is 6.64. The molecule has 0 aromatic carbocycles. The highest BCUT2D eigenvalue weighted by Gasteiger charge is 2.24. The van der Waals surface area contributed by atoms with E-state index in [9.17, 15) is 18.3 Å². The molecule has 2 N–H and O–H groups in total. The van der Waals surface area contributed by atoms with Gasteiger partial charge in [0.15, 0.2) is 5.44 Å². The number of aliphatic hydroxyl groups is 1. The number of aliphatic hydroxyl groups excluding tert-OH is 1. The molecule has 0 heterocycles. The fourth-order valence-corrected chi connectivity index (χ4v) is 1.88. The minimum absolute atomic E-state index is 0.140. The van der Waals surface area contributed by atoms with Crippen molar-refractivity contribution >= 4 is 16.1 Å². The molecule has 0 rings (SSSR count). The van der Waals surface area contributed by atoms with Crippen molar-refractivity contribution in [3.8, 4) is 0 Å². The summed E-state index contributed by atoms with van der Waals surface area (Å²) in [5.74, 6) is -0.441. The van der Waals surface area contributed by atoms with E-state index in [1.54, 1.807) is 34.1 Å². The fraction of sp³-hybridized carbons (Fsp3) is 0.727. The highest BCUT2D eigenvalue weighted by molar-refractivity contribution is 7.86. The lowest BCUT2D eigenvalue weighted by atomic mass is 10.3. The van der Waals surface area contributed by atoms with E-state index in [0.717, 1.165) is 0 Å². The first kappa shape index (κ1) is 18.0. The Labute approximate surface area is 113 Å². The molecule has 0 aliphatic heterocycles. The molecule has 1 unspecified atom stereocenters. The van der Waals surface area contributed by atoms with Gasteiger partial charge in [-0.1, -0.05) is 0 Å². The van der Waals surface area contributed by atoms with Crippen LogP contribution in [-0.4, -0.2) is 61.2 Å². The van der Waals surface area contributed by atoms with Gasteiger partial charge in [-0.15, -0.1) is 0 Å². The monoisotopic (exact) mass is 296 g/mol. The molecule has 0 saturated carbocycles. The summed E-state index contributed by atoms with van der Waals surface area (Å²) < 4.78 is 35.0. The third-order valence-electron chi connectivity index (χ3n) is 2.44. The number of rotatable bonds is 7. The quantitative estimate of drug-likeness (QED) is 0.300. The largest absolute Gasteiger partial charge is 0.462 e. The standard InChI is InChI=1S/C11H21NO6S/c1-5-18-11(14)9(2)8-12(3,4)7-6-10(13)19(15,16)17/h8,10,13H,5-7H2,1-4H3/p+1. The van der Waals surface area contributed by atoms with E-state index in [1.165, 1.54) is 0 Å². The first-order valence-electron chi connectivity index (χ1n) is 5.83. The van der Waals surface area contributed by atoms with Crippen LogP contribution in [0.3, 0.4) is 0 Å². The number of esters is 1. The summed E-state index contributed by atoms with van der Waals surface area (Å²) in [6, 6.07) is 0. The molecule has 0 aliphatic rings. The van der Waals surface area contributed by atoms with Crippen LogP contribution < -0.4 is 0 Å². The van der Waals surface area contributed by atoms with Crippen LogP contribution in [0.15, 0.2) is 11.8 Å². The summed E-state index contributed by atoms with van der Waals surface area (Å²) in [5, 5.41) is 9.22. The van der Waals surface area contributed by atoms with E-state index < -0.39 is 21.5 Å². The summed E-state index contributed by atoms with van der Waals surface area (Å²) in [7, 11) is -0.974. The molecule has 0 amide bonds. The zero-order valence-electron chi connectivity index (χ0n) is 11.7. The molecular weight excluding hydrogens is 274 g/mol. The molecule has 7 nitrogen and oxygen atoms in total. The van der Waals surface area contributed by atoms with Gasteiger partial charge in [0.05, 0.1) is 32.8 Å². The van der Waals surface area contributed by atoms with Crippen LogP contribution in [0.2, 0.25) is 0 Å². The molecule has 112 valence electrons. The third-order valence-corrected chi connectivity index (χ3v) is 3.36. The van der Waals surface area contributed by atoms with Crippen LogP contribution in [0.4, 0.5) is 0 Å². The lowest BCUT2D eigenvalue weighted by Crippen LogP contribution is -2.38. The Hall–Kier alpha value is -0.960. The van der Waals surface area contributed by atoms with Gasteiger partial charge in [0.25, 0.3) is 10.1 Å². The minimum Gasteiger partial charge on any atom is -0.462 e. The topological polar surface area (TPSA) is 101 Å². The van der Waals surface area contributed by atoms with Gasteiger partial charge < -0.3 is 14.3 Å². The predicted molar refractivity (Wildman–Crippen MR) is 69.5 cm³/mol. The highest BCUT2D eigenvalue weighted by Crippen LogP contribution is 2.10. The molecule has 8 heteroatoms. The normalized spacial score (nSPS) is 15.2. The smallest absolute Gasteiger partial charge is 0.339 e. The van der Waals surface area contributed by atoms with Crippen molar-refractivity contribution in [2.45, 2.75) is 25.7 Å². The van der Waals surface area contributed by atoms with Crippen LogP contribution in [0.25, 0.3) is 0 Å². The van der Waals surface area contributed by atoms with Gasteiger partial charge in [0, 0.05) is 6.42 Å². The summed E-state index contributed by atoms with van der Waals surface area (Å²) >= 11 is 0. The summed E-state index contributed by atoms with van der Waals surface area (Å²) in [5.41, 5.74) is -1.42. The van der Waals surface area contributed by atoms with Gasteiger partial charge in [0.2, 0.25) is 0 Å². The third kappa shape index (κ3) is 7.26. The summed E-state index contributed by atoms with van der Waals surface area (Å²) in [6.07, 6.45) is 1.47. The van der Waals surface area contributed by atoms with Crippen LogP contribution in [0.5, 0.6) is 0 Å². The van der Waals surface area contributed by atoms with E-state index in [-0.39, 0.29) is 24.1 Å². The molecule has 0 aliphatic carbocycles. The van der Waals surface area contributed by atoms with Crippen molar-refractivity contribution in [2.24, 2.45) is 0 Å². The lowest BCUT2D eigenvalue weighted by molar-refractivity contribution is -0.839. The molecule has 0 aromatic rings. The fourth-order valence-electron chi connectivity index (χ4n) is 1.48. The average molecular weight is 296 g/mol. The maximum atomic E-state index is 11.4. The van der Waals surface area contributed by atoms with Gasteiger partial charge in [-0.2, -0.15) is 8.42 Å². The number of hydrogen-bond acceptors (Lipinski definition) is 5. The maximum Gasteiger partial charge on any atom is 0.339 e. The Bertz CT molecular complexity index is 440. The molecule has 19 heavy (non-hydrogen) atoms. The molecule has 0 spiro atoms. The van der Waals surface area contributed by atoms with Gasteiger partial charge >= 0.3 is 5.97 Å². The van der Waals surface area contributed by atoms with Crippen molar-refractivity contribution in [1.29, 1.82) is 0 Å². The molecule has 0 saturated heterocycles. The second kappa shape index (κ2) is 6.99. The SMILES string of the molecule is CCOC(=O)C(C)=C[N+](C)(C)CCC(O)S(=O)(=O)O. The van der Waals surface area contributed by atoms with Gasteiger partial charge in [-0.3, -0.25) is 4.55 Å². The number of quaternary nitrogens is 1. The zero-order valence-corrected chi connectivity index (χ0v) is 12.5. The Morgan fingerprint density at radius 1 is 1.42 bits per heavy atom. The number of carbonyl (C=O) groups excluding carboxylic acids is 1. The van der Waals surface area contributed by atoms with Crippen molar-refractivity contribution in [2.75, 3.05) is 27.2 Å². The van der Waals surface area contributed by atoms with Crippen molar-refractivity contribution in [3.63, 3.8) is 0 Å². The van der Waals surface area contributed by atoms with E-state index in [1.807, 2.05) is 0 Å². The second-order valence-electron chi connectivity index (χ2n) is 4.79. The van der Waals surface area contributed by atoms with E-state index in [4.69, 9.17) is 9.29 Å². The van der Waals surface area contributed by atoms with Crippen molar-refractivity contribution in [1.82, 2.24) is 0 Å². The zero-order chi connectivity index (χ0) is 15.3. The Balaban J connectivity index is 4.64. The number of hydrogen-bond donors (Lipinski definition) is 2. The molecular formula is C11H22NO6S+. The van der Waals surface area contributed by atoms with Crippen LogP contribution in [0.1, 0.15) is 20.3 Å².